The molecule has 80 valence electrons. The van der Waals surface area contributed by atoms with E-state index in [0.29, 0.717) is 17.9 Å². The van der Waals surface area contributed by atoms with Gasteiger partial charge in [0.2, 0.25) is 0 Å². The van der Waals surface area contributed by atoms with Gasteiger partial charge in [-0.1, -0.05) is 17.7 Å². The summed E-state index contributed by atoms with van der Waals surface area (Å²) in [6.45, 7) is 1.78. The van der Waals surface area contributed by atoms with Crippen molar-refractivity contribution in [2.45, 2.75) is 25.8 Å². The van der Waals surface area contributed by atoms with Gasteiger partial charge in [0, 0.05) is 17.5 Å². The van der Waals surface area contributed by atoms with E-state index in [0.717, 1.165) is 5.56 Å². The van der Waals surface area contributed by atoms with Crippen molar-refractivity contribution in [3.05, 3.63) is 34.6 Å². The molecular formula is C12H13ClFN. The molecule has 3 heteroatoms. The second kappa shape index (κ2) is 5.75. The second-order valence-electron chi connectivity index (χ2n) is 3.33. The molecule has 0 spiro atoms. The maximum atomic E-state index is 12.7. The fourth-order valence-electron chi connectivity index (χ4n) is 1.28. The van der Waals surface area contributed by atoms with Crippen molar-refractivity contribution in [2.75, 3.05) is 0 Å². The van der Waals surface area contributed by atoms with Gasteiger partial charge in [0.25, 0.3) is 0 Å². The topological polar surface area (TPSA) is 26.0 Å². The molecule has 0 aliphatic carbocycles. The highest BCUT2D eigenvalue weighted by Crippen LogP contribution is 2.18. The van der Waals surface area contributed by atoms with E-state index < -0.39 is 0 Å². The first-order valence-corrected chi connectivity index (χ1v) is 5.10. The van der Waals surface area contributed by atoms with Gasteiger partial charge in [0.1, 0.15) is 5.82 Å². The van der Waals surface area contributed by atoms with Crippen LogP contribution in [0.15, 0.2) is 18.2 Å². The maximum Gasteiger partial charge on any atom is 0.124 e. The zero-order chi connectivity index (χ0) is 11.3. The monoisotopic (exact) mass is 225 g/mol. The van der Waals surface area contributed by atoms with Gasteiger partial charge in [-0.2, -0.15) is 0 Å². The van der Waals surface area contributed by atoms with Gasteiger partial charge in [0.15, 0.2) is 0 Å². The fraction of sp³-hybridized carbons (Fsp3) is 0.333. The van der Waals surface area contributed by atoms with Crippen molar-refractivity contribution in [3.8, 4) is 11.8 Å². The minimum absolute atomic E-state index is 0.0552. The van der Waals surface area contributed by atoms with E-state index in [1.165, 1.54) is 12.1 Å². The predicted molar refractivity (Wildman–Crippen MR) is 61.2 cm³/mol. The molecule has 0 aliphatic rings. The Morgan fingerprint density at radius 2 is 2.27 bits per heavy atom. The Kier molecular flexibility index (Phi) is 4.61. The van der Waals surface area contributed by atoms with Crippen LogP contribution in [0.2, 0.25) is 5.02 Å². The van der Waals surface area contributed by atoms with E-state index >= 15 is 0 Å². The molecule has 0 aliphatic heterocycles. The molecule has 0 bridgehead atoms. The summed E-state index contributed by atoms with van der Waals surface area (Å²) >= 11 is 5.88. The number of nitrogens with two attached hydrogens (primary N) is 1. The van der Waals surface area contributed by atoms with Crippen LogP contribution in [0.3, 0.4) is 0 Å². The summed E-state index contributed by atoms with van der Waals surface area (Å²) in [5.74, 6) is 5.36. The molecule has 0 saturated heterocycles. The molecule has 1 aromatic carbocycles. The Labute approximate surface area is 94.4 Å². The lowest BCUT2D eigenvalue weighted by Gasteiger charge is -2.09. The molecule has 1 rings (SSSR count). The molecule has 1 nitrogen and oxygen atoms in total. The Morgan fingerprint density at radius 3 is 2.87 bits per heavy atom. The number of hydrogen-bond donors (Lipinski definition) is 1. The summed E-state index contributed by atoms with van der Waals surface area (Å²) in [7, 11) is 0. The molecule has 1 aromatic rings. The summed E-state index contributed by atoms with van der Waals surface area (Å²) in [5.41, 5.74) is 6.71. The van der Waals surface area contributed by atoms with Crippen molar-refractivity contribution >= 4 is 11.6 Å². The maximum absolute atomic E-state index is 12.7. The highest BCUT2D eigenvalue weighted by Gasteiger charge is 2.06. The Morgan fingerprint density at radius 1 is 1.53 bits per heavy atom. The van der Waals surface area contributed by atoms with Crippen molar-refractivity contribution in [1.29, 1.82) is 0 Å². The number of hydrogen-bond acceptors (Lipinski definition) is 1. The standard InChI is InChI=1S/C12H13ClFN/c1-2-3-4-11(15)7-9-5-6-10(14)8-12(9)13/h5-6,8,11H,4,7,15H2,1H3. The Balaban J connectivity index is 2.66. The van der Waals surface area contributed by atoms with Crippen LogP contribution in [-0.2, 0) is 6.42 Å². The number of rotatable bonds is 3. The van der Waals surface area contributed by atoms with Crippen LogP contribution in [0.1, 0.15) is 18.9 Å². The molecule has 1 atom stereocenters. The molecule has 1 unspecified atom stereocenters. The van der Waals surface area contributed by atoms with Crippen LogP contribution < -0.4 is 5.73 Å². The minimum Gasteiger partial charge on any atom is -0.327 e. The van der Waals surface area contributed by atoms with Crippen LogP contribution in [0.4, 0.5) is 4.39 Å². The lowest BCUT2D eigenvalue weighted by molar-refractivity contribution is 0.625. The average molecular weight is 226 g/mol. The highest BCUT2D eigenvalue weighted by atomic mass is 35.5. The third kappa shape index (κ3) is 3.91. The largest absolute Gasteiger partial charge is 0.327 e. The van der Waals surface area contributed by atoms with Gasteiger partial charge in [-0.15, -0.1) is 11.8 Å². The summed E-state index contributed by atoms with van der Waals surface area (Å²) in [6.07, 6.45) is 1.25. The molecule has 0 heterocycles. The average Bonchev–Trinajstić information content (AvgIpc) is 2.19. The Hall–Kier alpha value is -1.04. The Bertz CT molecular complexity index is 392. The molecule has 0 saturated carbocycles. The third-order valence-corrected chi connectivity index (χ3v) is 2.39. The summed E-state index contributed by atoms with van der Waals surface area (Å²) in [4.78, 5) is 0. The minimum atomic E-state index is -0.328. The van der Waals surface area contributed by atoms with E-state index in [-0.39, 0.29) is 11.9 Å². The normalized spacial score (nSPS) is 11.7. The van der Waals surface area contributed by atoms with Crippen molar-refractivity contribution in [3.63, 3.8) is 0 Å². The van der Waals surface area contributed by atoms with Gasteiger partial charge in [0.05, 0.1) is 0 Å². The molecular weight excluding hydrogens is 213 g/mol. The highest BCUT2D eigenvalue weighted by molar-refractivity contribution is 6.31. The van der Waals surface area contributed by atoms with E-state index in [2.05, 4.69) is 11.8 Å². The van der Waals surface area contributed by atoms with Crippen LogP contribution >= 0.6 is 11.6 Å². The van der Waals surface area contributed by atoms with E-state index in [4.69, 9.17) is 17.3 Å². The predicted octanol–water partition coefficient (Wildman–Crippen LogP) is 2.76. The van der Waals surface area contributed by atoms with E-state index in [1.54, 1.807) is 13.0 Å². The summed E-state index contributed by atoms with van der Waals surface area (Å²) < 4.78 is 12.7. The van der Waals surface area contributed by atoms with E-state index in [1.807, 2.05) is 0 Å². The van der Waals surface area contributed by atoms with Crippen molar-refractivity contribution < 1.29 is 4.39 Å². The molecule has 15 heavy (non-hydrogen) atoms. The van der Waals surface area contributed by atoms with Crippen molar-refractivity contribution in [1.82, 2.24) is 0 Å². The zero-order valence-electron chi connectivity index (χ0n) is 8.56. The van der Waals surface area contributed by atoms with E-state index in [9.17, 15) is 4.39 Å². The van der Waals surface area contributed by atoms with Crippen LogP contribution in [0, 0.1) is 17.7 Å². The van der Waals surface area contributed by atoms with Gasteiger partial charge in [-0.05, 0) is 31.0 Å². The quantitative estimate of drug-likeness (QED) is 0.787. The lowest BCUT2D eigenvalue weighted by atomic mass is 10.0. The SMILES string of the molecule is CC#CCC(N)Cc1ccc(F)cc1Cl. The first-order chi connectivity index (χ1) is 7.13. The third-order valence-electron chi connectivity index (χ3n) is 2.04. The molecule has 0 aromatic heterocycles. The lowest BCUT2D eigenvalue weighted by Crippen LogP contribution is -2.22. The smallest absolute Gasteiger partial charge is 0.124 e. The van der Waals surface area contributed by atoms with Gasteiger partial charge >= 0.3 is 0 Å². The number of halogens is 2. The molecule has 0 fully saturated rings. The van der Waals surface area contributed by atoms with Crippen LogP contribution in [0.5, 0.6) is 0 Å². The van der Waals surface area contributed by atoms with Gasteiger partial charge < -0.3 is 5.73 Å². The van der Waals surface area contributed by atoms with Crippen LogP contribution in [0.25, 0.3) is 0 Å². The first kappa shape index (κ1) is 12.0. The van der Waals surface area contributed by atoms with Crippen LogP contribution in [-0.4, -0.2) is 6.04 Å². The fourth-order valence-corrected chi connectivity index (χ4v) is 1.52. The first-order valence-electron chi connectivity index (χ1n) is 4.72. The summed E-state index contributed by atoms with van der Waals surface area (Å²) in [6, 6.07) is 4.30. The van der Waals surface area contributed by atoms with Crippen molar-refractivity contribution in [2.24, 2.45) is 5.73 Å². The molecule has 2 N–H and O–H groups in total. The number of benzene rings is 1. The zero-order valence-corrected chi connectivity index (χ0v) is 9.31. The summed E-state index contributed by atoms with van der Waals surface area (Å²) in [5, 5.41) is 0.426. The van der Waals surface area contributed by atoms with Gasteiger partial charge in [-0.3, -0.25) is 0 Å². The van der Waals surface area contributed by atoms with Gasteiger partial charge in [-0.25, -0.2) is 4.39 Å². The molecule has 0 amide bonds. The second-order valence-corrected chi connectivity index (χ2v) is 3.74. The molecule has 0 radical (unpaired) electrons.